The van der Waals surface area contributed by atoms with Crippen LogP contribution in [0.1, 0.15) is 19.4 Å². The second-order valence-corrected chi connectivity index (χ2v) is 6.18. The Labute approximate surface area is 151 Å². The zero-order valence-electron chi connectivity index (χ0n) is 15.5. The van der Waals surface area contributed by atoms with Crippen molar-refractivity contribution in [1.82, 2.24) is 15.5 Å². The van der Waals surface area contributed by atoms with E-state index in [9.17, 15) is 0 Å². The van der Waals surface area contributed by atoms with Crippen LogP contribution in [0.3, 0.4) is 0 Å². The molecule has 0 radical (unpaired) electrons. The third kappa shape index (κ3) is 7.86. The van der Waals surface area contributed by atoms with Crippen molar-refractivity contribution >= 4 is 5.96 Å². The van der Waals surface area contributed by atoms with Gasteiger partial charge in [0, 0.05) is 32.2 Å². The number of guanidine groups is 1. The first-order valence-corrected chi connectivity index (χ1v) is 9.25. The fraction of sp³-hybridized carbons (Fsp3) is 0.632. The molecular weight excluding hydrogens is 316 g/mol. The van der Waals surface area contributed by atoms with Gasteiger partial charge in [-0.2, -0.15) is 0 Å². The van der Waals surface area contributed by atoms with Crippen LogP contribution in [-0.4, -0.2) is 69.4 Å². The van der Waals surface area contributed by atoms with E-state index in [1.807, 2.05) is 18.2 Å². The fourth-order valence-electron chi connectivity index (χ4n) is 2.70. The largest absolute Gasteiger partial charge is 0.379 e. The van der Waals surface area contributed by atoms with Gasteiger partial charge in [-0.15, -0.1) is 0 Å². The Bertz CT molecular complexity index is 489. The molecular formula is C19H32N4O2. The van der Waals surface area contributed by atoms with Gasteiger partial charge < -0.3 is 20.1 Å². The first-order valence-electron chi connectivity index (χ1n) is 9.25. The number of morpholine rings is 1. The Morgan fingerprint density at radius 3 is 2.72 bits per heavy atom. The number of nitrogens with one attached hydrogen (secondary N) is 2. The van der Waals surface area contributed by atoms with Crippen molar-refractivity contribution in [3.05, 3.63) is 35.9 Å². The van der Waals surface area contributed by atoms with Crippen molar-refractivity contribution in [3.63, 3.8) is 0 Å². The summed E-state index contributed by atoms with van der Waals surface area (Å²) in [5, 5.41) is 6.63. The van der Waals surface area contributed by atoms with Gasteiger partial charge in [0.05, 0.1) is 33.0 Å². The summed E-state index contributed by atoms with van der Waals surface area (Å²) in [6.45, 7) is 11.6. The van der Waals surface area contributed by atoms with Crippen molar-refractivity contribution < 1.29 is 9.47 Å². The Hall–Kier alpha value is -1.63. The summed E-state index contributed by atoms with van der Waals surface area (Å²) in [6.07, 6.45) is 0. The predicted molar refractivity (Wildman–Crippen MR) is 102 cm³/mol. The first kappa shape index (κ1) is 19.7. The van der Waals surface area contributed by atoms with Gasteiger partial charge in [0.15, 0.2) is 5.96 Å². The Morgan fingerprint density at radius 2 is 2.00 bits per heavy atom. The summed E-state index contributed by atoms with van der Waals surface area (Å²) in [4.78, 5) is 7.13. The van der Waals surface area contributed by atoms with Gasteiger partial charge in [-0.3, -0.25) is 9.89 Å². The van der Waals surface area contributed by atoms with Gasteiger partial charge in [-0.25, -0.2) is 0 Å². The highest BCUT2D eigenvalue weighted by atomic mass is 16.5. The molecule has 6 heteroatoms. The molecule has 1 heterocycles. The number of benzene rings is 1. The van der Waals surface area contributed by atoms with Gasteiger partial charge in [-0.05, 0) is 19.4 Å². The van der Waals surface area contributed by atoms with E-state index in [-0.39, 0.29) is 0 Å². The molecule has 1 aromatic carbocycles. The summed E-state index contributed by atoms with van der Waals surface area (Å²) >= 11 is 0. The van der Waals surface area contributed by atoms with E-state index in [1.54, 1.807) is 0 Å². The van der Waals surface area contributed by atoms with E-state index >= 15 is 0 Å². The van der Waals surface area contributed by atoms with E-state index in [1.165, 1.54) is 5.56 Å². The fourth-order valence-corrected chi connectivity index (χ4v) is 2.70. The number of nitrogens with zero attached hydrogens (tertiary/aromatic N) is 2. The van der Waals surface area contributed by atoms with Crippen molar-refractivity contribution in [1.29, 1.82) is 0 Å². The summed E-state index contributed by atoms with van der Waals surface area (Å²) in [6, 6.07) is 10.7. The van der Waals surface area contributed by atoms with Crippen LogP contribution in [0.5, 0.6) is 0 Å². The number of hydrogen-bond acceptors (Lipinski definition) is 4. The maximum atomic E-state index is 5.70. The third-order valence-electron chi connectivity index (χ3n) is 4.18. The van der Waals surface area contributed by atoms with Crippen LogP contribution in [0.15, 0.2) is 35.3 Å². The van der Waals surface area contributed by atoms with Crippen LogP contribution in [0.25, 0.3) is 0 Å². The topological polar surface area (TPSA) is 58.1 Å². The maximum absolute atomic E-state index is 5.70. The lowest BCUT2D eigenvalue weighted by Crippen LogP contribution is -2.44. The normalized spacial score (nSPS) is 17.3. The summed E-state index contributed by atoms with van der Waals surface area (Å²) < 4.78 is 11.1. The molecule has 1 unspecified atom stereocenters. The SMILES string of the molecule is CCNC(=NCC(C)N1CCOCC1)NCCOCc1ccccc1. The Balaban J connectivity index is 1.66. The van der Waals surface area contributed by atoms with Crippen molar-refractivity contribution in [2.24, 2.45) is 4.99 Å². The Kier molecular flexibility index (Phi) is 9.33. The minimum Gasteiger partial charge on any atom is -0.379 e. The molecule has 0 bridgehead atoms. The highest BCUT2D eigenvalue weighted by Crippen LogP contribution is 2.03. The second-order valence-electron chi connectivity index (χ2n) is 6.18. The number of ether oxygens (including phenoxy) is 2. The second kappa shape index (κ2) is 11.8. The van der Waals surface area contributed by atoms with Crippen molar-refractivity contribution in [2.45, 2.75) is 26.5 Å². The van der Waals surface area contributed by atoms with Crippen LogP contribution in [0.2, 0.25) is 0 Å². The highest BCUT2D eigenvalue weighted by Gasteiger charge is 2.16. The van der Waals surface area contributed by atoms with E-state index < -0.39 is 0 Å². The first-order chi connectivity index (χ1) is 12.3. The predicted octanol–water partition coefficient (Wildman–Crippen LogP) is 1.48. The van der Waals surface area contributed by atoms with Gasteiger partial charge in [-0.1, -0.05) is 30.3 Å². The average molecular weight is 348 g/mol. The van der Waals surface area contributed by atoms with Crippen molar-refractivity contribution in [3.8, 4) is 0 Å². The molecule has 0 aromatic heterocycles. The minimum absolute atomic E-state index is 0.425. The molecule has 0 aliphatic carbocycles. The number of rotatable bonds is 9. The molecule has 0 amide bonds. The van der Waals surface area contributed by atoms with E-state index in [0.717, 1.165) is 51.9 Å². The minimum atomic E-state index is 0.425. The van der Waals surface area contributed by atoms with Gasteiger partial charge >= 0.3 is 0 Å². The molecule has 2 N–H and O–H groups in total. The van der Waals surface area contributed by atoms with Crippen LogP contribution >= 0.6 is 0 Å². The maximum Gasteiger partial charge on any atom is 0.191 e. The molecule has 1 aliphatic rings. The summed E-state index contributed by atoms with van der Waals surface area (Å²) in [7, 11) is 0. The monoisotopic (exact) mass is 348 g/mol. The van der Waals surface area contributed by atoms with E-state index in [0.29, 0.717) is 19.3 Å². The lowest BCUT2D eigenvalue weighted by atomic mass is 10.2. The quantitative estimate of drug-likeness (QED) is 0.402. The Morgan fingerprint density at radius 1 is 1.24 bits per heavy atom. The van der Waals surface area contributed by atoms with Gasteiger partial charge in [0.1, 0.15) is 0 Å². The van der Waals surface area contributed by atoms with Crippen LogP contribution in [-0.2, 0) is 16.1 Å². The van der Waals surface area contributed by atoms with Crippen LogP contribution < -0.4 is 10.6 Å². The molecule has 0 saturated carbocycles. The van der Waals surface area contributed by atoms with Crippen molar-refractivity contribution in [2.75, 3.05) is 52.5 Å². The molecule has 1 atom stereocenters. The van der Waals surface area contributed by atoms with Gasteiger partial charge in [0.2, 0.25) is 0 Å². The van der Waals surface area contributed by atoms with Gasteiger partial charge in [0.25, 0.3) is 0 Å². The number of hydrogen-bond donors (Lipinski definition) is 2. The zero-order chi connectivity index (χ0) is 17.7. The molecule has 1 aromatic rings. The zero-order valence-corrected chi connectivity index (χ0v) is 15.5. The average Bonchev–Trinajstić information content (AvgIpc) is 2.67. The molecule has 25 heavy (non-hydrogen) atoms. The van der Waals surface area contributed by atoms with E-state index in [4.69, 9.17) is 14.5 Å². The molecule has 1 aliphatic heterocycles. The summed E-state index contributed by atoms with van der Waals surface area (Å²) in [5.41, 5.74) is 1.20. The smallest absolute Gasteiger partial charge is 0.191 e. The molecule has 1 fully saturated rings. The van der Waals surface area contributed by atoms with Crippen LogP contribution in [0.4, 0.5) is 0 Å². The van der Waals surface area contributed by atoms with E-state index in [2.05, 4.69) is 41.5 Å². The lowest BCUT2D eigenvalue weighted by molar-refractivity contribution is 0.0220. The third-order valence-corrected chi connectivity index (χ3v) is 4.18. The molecule has 1 saturated heterocycles. The summed E-state index contributed by atoms with van der Waals surface area (Å²) in [5.74, 6) is 0.853. The molecule has 2 rings (SSSR count). The highest BCUT2D eigenvalue weighted by molar-refractivity contribution is 5.79. The van der Waals surface area contributed by atoms with Crippen LogP contribution in [0, 0.1) is 0 Å². The molecule has 6 nitrogen and oxygen atoms in total. The molecule has 140 valence electrons. The lowest BCUT2D eigenvalue weighted by Gasteiger charge is -2.31. The standard InChI is InChI=1S/C19H32N4O2/c1-3-20-19(22-15-17(2)23-10-13-24-14-11-23)21-9-12-25-16-18-7-5-4-6-8-18/h4-8,17H,3,9-16H2,1-2H3,(H2,20,21,22). The number of aliphatic imine (C=N–C) groups is 1. The molecule has 0 spiro atoms.